The van der Waals surface area contributed by atoms with Gasteiger partial charge < -0.3 is 10.7 Å². The van der Waals surface area contributed by atoms with E-state index in [1.807, 2.05) is 0 Å². The van der Waals surface area contributed by atoms with Crippen molar-refractivity contribution in [3.05, 3.63) is 57.6 Å². The summed E-state index contributed by atoms with van der Waals surface area (Å²) in [4.78, 5) is 3.76. The lowest BCUT2D eigenvalue weighted by atomic mass is 9.92. The normalized spacial score (nSPS) is 11.4. The fourth-order valence-electron chi connectivity index (χ4n) is 4.29. The highest BCUT2D eigenvalue weighted by molar-refractivity contribution is 5.94. The Labute approximate surface area is 151 Å². The number of aryl methyl sites for hydroxylation is 6. The standard InChI is InChI=1S/C23H30N2/c1-14-10-16(3)21(17(4)11-14)23-19(8-6-7-9-24)22-18(5)12-15(2)13-20(22)25-23/h10-13,25H,6-9,24H2,1-5H3. The van der Waals surface area contributed by atoms with Gasteiger partial charge in [-0.3, -0.25) is 0 Å². The van der Waals surface area contributed by atoms with Gasteiger partial charge >= 0.3 is 0 Å². The van der Waals surface area contributed by atoms with Crippen LogP contribution < -0.4 is 5.73 Å². The molecule has 0 saturated heterocycles. The van der Waals surface area contributed by atoms with Crippen molar-refractivity contribution >= 4 is 10.9 Å². The Hall–Kier alpha value is -2.06. The number of hydrogen-bond donors (Lipinski definition) is 2. The van der Waals surface area contributed by atoms with Crippen LogP contribution in [-0.4, -0.2) is 11.5 Å². The van der Waals surface area contributed by atoms with E-state index in [-0.39, 0.29) is 0 Å². The van der Waals surface area contributed by atoms with E-state index >= 15 is 0 Å². The molecule has 0 fully saturated rings. The van der Waals surface area contributed by atoms with Crippen LogP contribution in [0.4, 0.5) is 0 Å². The maximum absolute atomic E-state index is 5.74. The van der Waals surface area contributed by atoms with Gasteiger partial charge in [0.1, 0.15) is 0 Å². The molecule has 0 bridgehead atoms. The zero-order valence-electron chi connectivity index (χ0n) is 16.2. The van der Waals surface area contributed by atoms with Crippen LogP contribution in [0.2, 0.25) is 0 Å². The van der Waals surface area contributed by atoms with Crippen LogP contribution in [0.1, 0.15) is 46.2 Å². The van der Waals surface area contributed by atoms with Crippen molar-refractivity contribution in [1.82, 2.24) is 4.98 Å². The van der Waals surface area contributed by atoms with Crippen LogP contribution in [-0.2, 0) is 6.42 Å². The van der Waals surface area contributed by atoms with E-state index in [1.54, 1.807) is 0 Å². The zero-order valence-corrected chi connectivity index (χ0v) is 16.2. The van der Waals surface area contributed by atoms with Gasteiger partial charge in [-0.15, -0.1) is 0 Å². The molecule has 0 radical (unpaired) electrons. The predicted octanol–water partition coefficient (Wildman–Crippen LogP) is 5.66. The topological polar surface area (TPSA) is 41.8 Å². The van der Waals surface area contributed by atoms with E-state index in [0.29, 0.717) is 0 Å². The van der Waals surface area contributed by atoms with Crippen LogP contribution in [0.15, 0.2) is 24.3 Å². The molecule has 0 spiro atoms. The third-order valence-corrected chi connectivity index (χ3v) is 5.15. The summed E-state index contributed by atoms with van der Waals surface area (Å²) in [6, 6.07) is 9.14. The van der Waals surface area contributed by atoms with Gasteiger partial charge in [-0.2, -0.15) is 0 Å². The molecule has 1 aromatic heterocycles. The van der Waals surface area contributed by atoms with Gasteiger partial charge in [-0.1, -0.05) is 23.8 Å². The fourth-order valence-corrected chi connectivity index (χ4v) is 4.29. The molecule has 0 aliphatic carbocycles. The average molecular weight is 335 g/mol. The Morgan fingerprint density at radius 1 is 0.800 bits per heavy atom. The number of aromatic nitrogens is 1. The SMILES string of the molecule is Cc1cc(C)c(-c2[nH]c3cc(C)cc(C)c3c2CCCCN)c(C)c1. The second-order valence-electron chi connectivity index (χ2n) is 7.50. The summed E-state index contributed by atoms with van der Waals surface area (Å²) >= 11 is 0. The number of H-pyrrole nitrogens is 1. The molecular formula is C23H30N2. The first-order chi connectivity index (χ1) is 11.9. The zero-order chi connectivity index (χ0) is 18.1. The molecule has 3 N–H and O–H groups in total. The molecule has 0 aliphatic heterocycles. The lowest BCUT2D eigenvalue weighted by molar-refractivity contribution is 0.748. The van der Waals surface area contributed by atoms with Gasteiger partial charge in [0, 0.05) is 16.5 Å². The highest BCUT2D eigenvalue weighted by atomic mass is 14.7. The molecule has 0 amide bonds. The molecule has 25 heavy (non-hydrogen) atoms. The maximum atomic E-state index is 5.74. The number of unbranched alkanes of at least 4 members (excludes halogenated alkanes) is 1. The van der Waals surface area contributed by atoms with Crippen LogP contribution >= 0.6 is 0 Å². The van der Waals surface area contributed by atoms with Crippen molar-refractivity contribution in [3.63, 3.8) is 0 Å². The molecule has 2 nitrogen and oxygen atoms in total. The number of nitrogens with two attached hydrogens (primary N) is 1. The van der Waals surface area contributed by atoms with Crippen LogP contribution in [0, 0.1) is 34.6 Å². The van der Waals surface area contributed by atoms with E-state index in [2.05, 4.69) is 63.9 Å². The average Bonchev–Trinajstić information content (AvgIpc) is 2.85. The Bertz CT molecular complexity index is 892. The summed E-state index contributed by atoms with van der Waals surface area (Å²) in [6.07, 6.45) is 3.28. The Morgan fingerprint density at radius 3 is 2.04 bits per heavy atom. The highest BCUT2D eigenvalue weighted by Crippen LogP contribution is 2.37. The molecule has 2 heteroatoms. The monoisotopic (exact) mass is 334 g/mol. The summed E-state index contributed by atoms with van der Waals surface area (Å²) in [5.41, 5.74) is 17.8. The van der Waals surface area contributed by atoms with Crippen LogP contribution in [0.25, 0.3) is 22.2 Å². The summed E-state index contributed by atoms with van der Waals surface area (Å²) in [5.74, 6) is 0. The number of fused-ring (bicyclic) bond motifs is 1. The van der Waals surface area contributed by atoms with E-state index in [9.17, 15) is 0 Å². The van der Waals surface area contributed by atoms with E-state index in [4.69, 9.17) is 5.73 Å². The van der Waals surface area contributed by atoms with Gasteiger partial charge in [0.25, 0.3) is 0 Å². The molecule has 0 aliphatic rings. The first-order valence-corrected chi connectivity index (χ1v) is 9.32. The largest absolute Gasteiger partial charge is 0.354 e. The minimum absolute atomic E-state index is 0.762. The Morgan fingerprint density at radius 2 is 1.40 bits per heavy atom. The fraction of sp³-hybridized carbons (Fsp3) is 0.391. The number of aromatic amines is 1. The Balaban J connectivity index is 2.27. The summed E-state index contributed by atoms with van der Waals surface area (Å²) in [5, 5.41) is 1.40. The van der Waals surface area contributed by atoms with Crippen molar-refractivity contribution in [2.24, 2.45) is 5.73 Å². The van der Waals surface area contributed by atoms with E-state index < -0.39 is 0 Å². The van der Waals surface area contributed by atoms with Gasteiger partial charge in [-0.25, -0.2) is 0 Å². The second kappa shape index (κ2) is 7.05. The quantitative estimate of drug-likeness (QED) is 0.581. The van der Waals surface area contributed by atoms with Crippen molar-refractivity contribution < 1.29 is 0 Å². The van der Waals surface area contributed by atoms with Crippen LogP contribution in [0.3, 0.4) is 0 Å². The molecule has 0 saturated carbocycles. The van der Waals surface area contributed by atoms with E-state index in [1.165, 1.54) is 55.5 Å². The predicted molar refractivity (Wildman–Crippen MR) is 109 cm³/mol. The first kappa shape index (κ1) is 17.8. The highest BCUT2D eigenvalue weighted by Gasteiger charge is 2.18. The third kappa shape index (κ3) is 3.36. The minimum Gasteiger partial charge on any atom is -0.354 e. The summed E-state index contributed by atoms with van der Waals surface area (Å²) in [7, 11) is 0. The lowest BCUT2D eigenvalue weighted by Crippen LogP contribution is -2.00. The smallest absolute Gasteiger partial charge is 0.0502 e. The number of hydrogen-bond acceptors (Lipinski definition) is 1. The molecule has 3 rings (SSSR count). The van der Waals surface area contributed by atoms with Gasteiger partial charge in [0.05, 0.1) is 5.69 Å². The molecule has 3 aromatic rings. The van der Waals surface area contributed by atoms with Gasteiger partial charge in [0.2, 0.25) is 0 Å². The van der Waals surface area contributed by atoms with Gasteiger partial charge in [-0.05, 0) is 94.3 Å². The minimum atomic E-state index is 0.762. The molecule has 0 atom stereocenters. The molecule has 1 heterocycles. The Kier molecular flexibility index (Phi) is 5.01. The molecular weight excluding hydrogens is 304 g/mol. The van der Waals surface area contributed by atoms with Crippen molar-refractivity contribution in [3.8, 4) is 11.3 Å². The maximum Gasteiger partial charge on any atom is 0.0502 e. The second-order valence-corrected chi connectivity index (χ2v) is 7.50. The number of rotatable bonds is 5. The van der Waals surface area contributed by atoms with Crippen molar-refractivity contribution in [1.29, 1.82) is 0 Å². The van der Waals surface area contributed by atoms with E-state index in [0.717, 1.165) is 25.8 Å². The first-order valence-electron chi connectivity index (χ1n) is 9.32. The summed E-state index contributed by atoms with van der Waals surface area (Å²) < 4.78 is 0. The molecule has 0 unspecified atom stereocenters. The number of nitrogens with one attached hydrogen (secondary N) is 1. The van der Waals surface area contributed by atoms with Crippen molar-refractivity contribution in [2.75, 3.05) is 6.54 Å². The lowest BCUT2D eigenvalue weighted by Gasteiger charge is -2.13. The number of benzene rings is 2. The van der Waals surface area contributed by atoms with Crippen molar-refractivity contribution in [2.45, 2.75) is 53.9 Å². The third-order valence-electron chi connectivity index (χ3n) is 5.15. The van der Waals surface area contributed by atoms with Gasteiger partial charge in [0.15, 0.2) is 0 Å². The molecule has 2 aromatic carbocycles. The molecule has 132 valence electrons. The van der Waals surface area contributed by atoms with Crippen LogP contribution in [0.5, 0.6) is 0 Å². The summed E-state index contributed by atoms with van der Waals surface area (Å²) in [6.45, 7) is 11.8.